The fourth-order valence-electron chi connectivity index (χ4n) is 4.70. The minimum atomic E-state index is -2.78. The number of halogens is 1. The smallest absolute Gasteiger partial charge is 0.286 e. The van der Waals surface area contributed by atoms with Crippen LogP contribution in [-0.2, 0) is 28.7 Å². The van der Waals surface area contributed by atoms with Gasteiger partial charge in [-0.2, -0.15) is 9.46 Å². The number of aromatic nitrogens is 3. The fourth-order valence-corrected chi connectivity index (χ4v) is 5.71. The second-order valence-electron chi connectivity index (χ2n) is 9.41. The Balaban J connectivity index is 1.43. The molecule has 5 atom stereocenters. The van der Waals surface area contributed by atoms with Gasteiger partial charge in [-0.1, -0.05) is 0 Å². The lowest BCUT2D eigenvalue weighted by molar-refractivity contribution is -0.0138. The number of anilines is 2. The number of hydrogen-bond acceptors (Lipinski definition) is 10. The Hall–Kier alpha value is -3.17. The van der Waals surface area contributed by atoms with E-state index in [0.717, 1.165) is 0 Å². The summed E-state index contributed by atoms with van der Waals surface area (Å²) in [6, 6.07) is 4.10. The van der Waals surface area contributed by atoms with Crippen LogP contribution in [0.2, 0.25) is 0 Å². The molecule has 210 valence electrons. The van der Waals surface area contributed by atoms with E-state index in [9.17, 15) is 13.4 Å². The first-order valence-electron chi connectivity index (χ1n) is 12.3. The molecule has 1 N–H and O–H groups in total. The minimum Gasteiger partial charge on any atom is -0.483 e. The molecule has 3 aromatic rings. The molecule has 0 bridgehead atoms. The third-order valence-corrected chi connectivity index (χ3v) is 8.22. The standard InChI is InChI=1S/C25H30FN5O7S/c1-14-16(25(32)30-39(4,33)8-7-34-2)10-31-21(14)24(27-13-28-31)29-17-6-5-15(26)9-18(17)38-20-12-37-22-19(35-3)11-36-23(20)22/h5-6,9-10,13,19-20,22-23H,7-8,11-12H2,1-4H3,(H,27,28,29)/t19-,20-,22-,23-,39?/m1/s1. The van der Waals surface area contributed by atoms with Crippen molar-refractivity contribution >= 4 is 32.7 Å². The third kappa shape index (κ3) is 5.61. The minimum absolute atomic E-state index is 0.131. The van der Waals surface area contributed by atoms with Crippen LogP contribution in [0.15, 0.2) is 35.1 Å². The van der Waals surface area contributed by atoms with Crippen LogP contribution >= 0.6 is 0 Å². The predicted octanol–water partition coefficient (Wildman–Crippen LogP) is 2.36. The lowest BCUT2D eigenvalue weighted by Gasteiger charge is -2.20. The Kier molecular flexibility index (Phi) is 7.82. The molecular weight excluding hydrogens is 533 g/mol. The molecule has 1 unspecified atom stereocenters. The maximum absolute atomic E-state index is 14.3. The summed E-state index contributed by atoms with van der Waals surface area (Å²) in [5.74, 6) is -0.380. The molecule has 1 aromatic carbocycles. The molecule has 0 radical (unpaired) electrons. The highest BCUT2D eigenvalue weighted by Crippen LogP contribution is 2.36. The molecule has 2 aromatic heterocycles. The maximum atomic E-state index is 14.3. The van der Waals surface area contributed by atoms with Crippen LogP contribution in [0.5, 0.6) is 5.75 Å². The lowest BCUT2D eigenvalue weighted by atomic mass is 10.1. The highest BCUT2D eigenvalue weighted by Gasteiger charge is 2.49. The Labute approximate surface area is 224 Å². The van der Waals surface area contributed by atoms with E-state index in [0.29, 0.717) is 29.2 Å². The Morgan fingerprint density at radius 3 is 2.74 bits per heavy atom. The summed E-state index contributed by atoms with van der Waals surface area (Å²) in [4.78, 5) is 17.3. The zero-order valence-corrected chi connectivity index (χ0v) is 22.8. The fraction of sp³-hybridized carbons (Fsp3) is 0.480. The summed E-state index contributed by atoms with van der Waals surface area (Å²) in [5, 5.41) is 7.39. The number of carbonyl (C=O) groups excluding carboxylic acids is 1. The average molecular weight is 564 g/mol. The van der Waals surface area contributed by atoms with Crippen molar-refractivity contribution in [2.45, 2.75) is 31.3 Å². The number of ether oxygens (including phenoxy) is 5. The first kappa shape index (κ1) is 27.4. The number of amides is 1. The van der Waals surface area contributed by atoms with E-state index in [1.165, 1.54) is 48.6 Å². The molecule has 4 heterocycles. The normalized spacial score (nSPS) is 23.9. The predicted molar refractivity (Wildman–Crippen MR) is 140 cm³/mol. The number of benzene rings is 1. The molecule has 0 spiro atoms. The van der Waals surface area contributed by atoms with Gasteiger partial charge in [0.1, 0.15) is 41.7 Å². The van der Waals surface area contributed by atoms with Crippen molar-refractivity contribution in [2.75, 3.05) is 51.4 Å². The van der Waals surface area contributed by atoms with Crippen LogP contribution in [0.4, 0.5) is 15.9 Å². The average Bonchev–Trinajstić information content (AvgIpc) is 3.59. The number of fused-ring (bicyclic) bond motifs is 2. The summed E-state index contributed by atoms with van der Waals surface area (Å²) in [7, 11) is 0.313. The van der Waals surface area contributed by atoms with Gasteiger partial charge in [0.05, 0.1) is 46.6 Å². The zero-order chi connectivity index (χ0) is 27.7. The van der Waals surface area contributed by atoms with Crippen molar-refractivity contribution in [2.24, 2.45) is 4.36 Å². The highest BCUT2D eigenvalue weighted by atomic mass is 32.2. The second kappa shape index (κ2) is 11.1. The number of nitrogens with zero attached hydrogens (tertiary/aromatic N) is 4. The van der Waals surface area contributed by atoms with Gasteiger partial charge in [0, 0.05) is 32.7 Å². The van der Waals surface area contributed by atoms with Gasteiger partial charge in [-0.15, -0.1) is 0 Å². The molecule has 14 heteroatoms. The zero-order valence-electron chi connectivity index (χ0n) is 22.0. The van der Waals surface area contributed by atoms with Gasteiger partial charge < -0.3 is 29.0 Å². The topological polar surface area (TPSA) is 135 Å². The van der Waals surface area contributed by atoms with Crippen molar-refractivity contribution in [1.82, 2.24) is 14.6 Å². The molecule has 2 fully saturated rings. The molecule has 39 heavy (non-hydrogen) atoms. The molecule has 12 nitrogen and oxygen atoms in total. The number of rotatable bonds is 9. The highest BCUT2D eigenvalue weighted by molar-refractivity contribution is 7.93. The van der Waals surface area contributed by atoms with E-state index in [-0.39, 0.29) is 48.6 Å². The summed E-state index contributed by atoms with van der Waals surface area (Å²) in [5.41, 5.74) is 1.71. The van der Waals surface area contributed by atoms with Crippen molar-refractivity contribution in [3.8, 4) is 5.75 Å². The number of methoxy groups -OCH3 is 2. The molecule has 5 rings (SSSR count). The van der Waals surface area contributed by atoms with E-state index in [1.54, 1.807) is 14.0 Å². The molecule has 2 aliphatic heterocycles. The van der Waals surface area contributed by atoms with Crippen LogP contribution in [-0.4, -0.2) is 95.2 Å². The Morgan fingerprint density at radius 1 is 1.26 bits per heavy atom. The first-order chi connectivity index (χ1) is 18.7. The van der Waals surface area contributed by atoms with Crippen molar-refractivity contribution in [3.63, 3.8) is 0 Å². The summed E-state index contributed by atoms with van der Waals surface area (Å²) >= 11 is 0. The SMILES string of the molecule is COCCS(C)(=O)=NC(=O)c1cn2ncnc(Nc3ccc(F)cc3O[C@@H]3CO[C@H]4[C@@H]3OC[C@H]4OC)c2c1C. The number of hydrogen-bond donors (Lipinski definition) is 1. The quantitative estimate of drug-likeness (QED) is 0.413. The monoisotopic (exact) mass is 563 g/mol. The third-order valence-electron chi connectivity index (χ3n) is 6.74. The number of nitrogens with one attached hydrogen (secondary N) is 1. The van der Waals surface area contributed by atoms with Crippen molar-refractivity contribution in [1.29, 1.82) is 0 Å². The van der Waals surface area contributed by atoms with E-state index in [1.807, 2.05) is 0 Å². The largest absolute Gasteiger partial charge is 0.483 e. The van der Waals surface area contributed by atoms with E-state index in [2.05, 4.69) is 19.8 Å². The van der Waals surface area contributed by atoms with E-state index < -0.39 is 27.6 Å². The maximum Gasteiger partial charge on any atom is 0.286 e. The molecule has 0 saturated carbocycles. The molecule has 2 aliphatic rings. The van der Waals surface area contributed by atoms with E-state index in [4.69, 9.17) is 23.7 Å². The van der Waals surface area contributed by atoms with Gasteiger partial charge in [0.15, 0.2) is 11.9 Å². The molecule has 1 amide bonds. The summed E-state index contributed by atoms with van der Waals surface area (Å²) in [6.07, 6.45) is 2.98. The second-order valence-corrected chi connectivity index (χ2v) is 11.9. The summed E-state index contributed by atoms with van der Waals surface area (Å²) < 4.78 is 60.6. The number of aryl methyl sites for hydroxylation is 1. The molecular formula is C25H30FN5O7S. The van der Waals surface area contributed by atoms with Gasteiger partial charge >= 0.3 is 0 Å². The van der Waals surface area contributed by atoms with Gasteiger partial charge in [0.25, 0.3) is 5.91 Å². The van der Waals surface area contributed by atoms with Crippen LogP contribution in [0.25, 0.3) is 5.52 Å². The van der Waals surface area contributed by atoms with Crippen LogP contribution in [0.3, 0.4) is 0 Å². The van der Waals surface area contributed by atoms with Crippen LogP contribution < -0.4 is 10.1 Å². The van der Waals surface area contributed by atoms with Gasteiger partial charge in [-0.25, -0.2) is 18.1 Å². The van der Waals surface area contributed by atoms with Crippen LogP contribution in [0, 0.1) is 12.7 Å². The Morgan fingerprint density at radius 2 is 2.00 bits per heavy atom. The lowest BCUT2D eigenvalue weighted by Crippen LogP contribution is -2.35. The van der Waals surface area contributed by atoms with Gasteiger partial charge in [-0.3, -0.25) is 4.79 Å². The molecule has 0 aliphatic carbocycles. The van der Waals surface area contributed by atoms with Crippen molar-refractivity contribution in [3.05, 3.63) is 47.7 Å². The Bertz CT molecular complexity index is 1510. The summed E-state index contributed by atoms with van der Waals surface area (Å²) in [6.45, 7) is 2.60. The van der Waals surface area contributed by atoms with Crippen LogP contribution in [0.1, 0.15) is 15.9 Å². The number of carbonyl (C=O) groups is 1. The van der Waals surface area contributed by atoms with Gasteiger partial charge in [0.2, 0.25) is 0 Å². The molecule has 2 saturated heterocycles. The van der Waals surface area contributed by atoms with Gasteiger partial charge in [-0.05, 0) is 24.6 Å². The first-order valence-corrected chi connectivity index (χ1v) is 14.3. The van der Waals surface area contributed by atoms with Crippen molar-refractivity contribution < 1.29 is 37.1 Å². The van der Waals surface area contributed by atoms with E-state index >= 15 is 0 Å².